The Bertz CT molecular complexity index is 666. The fraction of sp³-hybridized carbons (Fsp3) is 0.765. The number of hydrogen-bond donors (Lipinski definition) is 0. The standard InChI is InChI=1S/C34H60Si/c1-5-7-8-9-10-11-12-13-14-15-16-17-18-19-20-22-25-32-31(30(3)6-2)26-27-33(32)35-34(4)28-23-21-24-29-34/h21,23-24,26-28,30,33H,5-20,22,25,29,35H2,1-4H3. The Morgan fingerprint density at radius 1 is 0.800 bits per heavy atom. The number of allylic oxidation sites excluding steroid dienone is 8. The topological polar surface area (TPSA) is 0 Å². The van der Waals surface area contributed by atoms with Crippen molar-refractivity contribution in [1.82, 2.24) is 0 Å². The molecule has 0 N–H and O–H groups in total. The third-order valence-electron chi connectivity index (χ3n) is 8.79. The average molecular weight is 497 g/mol. The second kappa shape index (κ2) is 18.4. The molecule has 0 amide bonds. The molecule has 0 aromatic rings. The maximum Gasteiger partial charge on any atom is 0.0447 e. The van der Waals surface area contributed by atoms with Crippen molar-refractivity contribution in [2.75, 3.05) is 0 Å². The lowest BCUT2D eigenvalue weighted by atomic mass is 9.92. The molecule has 35 heavy (non-hydrogen) atoms. The molecule has 200 valence electrons. The van der Waals surface area contributed by atoms with Crippen molar-refractivity contribution in [3.8, 4) is 0 Å². The molecule has 0 aromatic heterocycles. The van der Waals surface area contributed by atoms with E-state index in [2.05, 4.69) is 64.2 Å². The lowest BCUT2D eigenvalue weighted by Crippen LogP contribution is -2.20. The van der Waals surface area contributed by atoms with Crippen molar-refractivity contribution < 1.29 is 0 Å². The Balaban J connectivity index is 1.55. The van der Waals surface area contributed by atoms with Gasteiger partial charge in [-0.2, -0.15) is 0 Å². The van der Waals surface area contributed by atoms with Gasteiger partial charge in [0, 0.05) is 9.52 Å². The number of unbranched alkanes of at least 4 members (excludes halogenated alkanes) is 15. The summed E-state index contributed by atoms with van der Waals surface area (Å²) in [6.45, 7) is 9.63. The van der Waals surface area contributed by atoms with E-state index >= 15 is 0 Å². The molecule has 1 heteroatoms. The summed E-state index contributed by atoms with van der Waals surface area (Å²) in [5, 5.41) is 0.467. The van der Waals surface area contributed by atoms with Crippen molar-refractivity contribution in [2.24, 2.45) is 5.92 Å². The maximum absolute atomic E-state index is 2.60. The Labute approximate surface area is 223 Å². The second-order valence-corrected chi connectivity index (χ2v) is 15.1. The van der Waals surface area contributed by atoms with Crippen molar-refractivity contribution in [2.45, 2.75) is 160 Å². The predicted molar refractivity (Wildman–Crippen MR) is 163 cm³/mol. The number of rotatable bonds is 21. The molecule has 0 spiro atoms. The highest BCUT2D eigenvalue weighted by molar-refractivity contribution is 6.45. The van der Waals surface area contributed by atoms with Crippen molar-refractivity contribution in [3.63, 3.8) is 0 Å². The van der Waals surface area contributed by atoms with Crippen LogP contribution >= 0.6 is 0 Å². The first kappa shape index (κ1) is 30.4. The van der Waals surface area contributed by atoms with E-state index in [0.29, 0.717) is 5.04 Å². The van der Waals surface area contributed by atoms with E-state index in [9.17, 15) is 0 Å². The van der Waals surface area contributed by atoms with Gasteiger partial charge in [-0.1, -0.05) is 166 Å². The molecule has 0 fully saturated rings. The zero-order valence-electron chi connectivity index (χ0n) is 24.3. The van der Waals surface area contributed by atoms with E-state index in [4.69, 9.17) is 0 Å². The van der Waals surface area contributed by atoms with Crippen molar-refractivity contribution >= 4 is 9.52 Å². The highest BCUT2D eigenvalue weighted by Gasteiger charge is 2.30. The van der Waals surface area contributed by atoms with Gasteiger partial charge in [0.1, 0.15) is 0 Å². The summed E-state index contributed by atoms with van der Waals surface area (Å²) in [6, 6.07) is 0. The molecule has 0 radical (unpaired) electrons. The van der Waals surface area contributed by atoms with E-state index in [1.54, 1.807) is 5.57 Å². The van der Waals surface area contributed by atoms with E-state index < -0.39 is 0 Å². The fourth-order valence-corrected chi connectivity index (χ4v) is 8.74. The van der Waals surface area contributed by atoms with Crippen LogP contribution in [0.5, 0.6) is 0 Å². The highest BCUT2D eigenvalue weighted by atomic mass is 28.2. The van der Waals surface area contributed by atoms with E-state index in [0.717, 1.165) is 11.5 Å². The van der Waals surface area contributed by atoms with Gasteiger partial charge in [-0.3, -0.25) is 0 Å². The Morgan fingerprint density at radius 2 is 1.34 bits per heavy atom. The van der Waals surface area contributed by atoms with Crippen molar-refractivity contribution in [1.29, 1.82) is 0 Å². The molecule has 3 atom stereocenters. The first-order chi connectivity index (χ1) is 17.1. The minimum atomic E-state index is -0.223. The van der Waals surface area contributed by atoms with Gasteiger partial charge in [-0.15, -0.1) is 0 Å². The smallest absolute Gasteiger partial charge is 0.0447 e. The predicted octanol–water partition coefficient (Wildman–Crippen LogP) is 11.2. The summed E-state index contributed by atoms with van der Waals surface area (Å²) in [4.78, 5) is 0. The molecule has 2 aliphatic carbocycles. The van der Waals surface area contributed by atoms with E-state index in [-0.39, 0.29) is 9.52 Å². The van der Waals surface area contributed by atoms with Gasteiger partial charge in [0.05, 0.1) is 0 Å². The van der Waals surface area contributed by atoms with Gasteiger partial charge >= 0.3 is 0 Å². The highest BCUT2D eigenvalue weighted by Crippen LogP contribution is 2.45. The van der Waals surface area contributed by atoms with E-state index in [1.165, 1.54) is 122 Å². The van der Waals surface area contributed by atoms with E-state index in [1.807, 2.05) is 5.57 Å². The SMILES string of the molecule is CCCCCCCCCCCCCCCCCCC1=C(C(C)CC)C=CC1[SiH2]C1(C)C=CC=CC1. The monoisotopic (exact) mass is 496 g/mol. The molecule has 0 aromatic carbocycles. The third-order valence-corrected chi connectivity index (χ3v) is 11.4. The molecular formula is C34H60Si. The van der Waals surface area contributed by atoms with Crippen LogP contribution in [0, 0.1) is 5.92 Å². The van der Waals surface area contributed by atoms with Crippen molar-refractivity contribution in [3.05, 3.63) is 47.6 Å². The third kappa shape index (κ3) is 12.3. The lowest BCUT2D eigenvalue weighted by Gasteiger charge is -2.30. The van der Waals surface area contributed by atoms with Crippen LogP contribution in [0.15, 0.2) is 47.6 Å². The normalized spacial score (nSPS) is 22.8. The van der Waals surface area contributed by atoms with Gasteiger partial charge < -0.3 is 0 Å². The van der Waals surface area contributed by atoms with Crippen LogP contribution in [0.4, 0.5) is 0 Å². The maximum atomic E-state index is 2.60. The Kier molecular flexibility index (Phi) is 16.0. The summed E-state index contributed by atoms with van der Waals surface area (Å²) in [5.41, 5.74) is 4.36. The largest absolute Gasteiger partial charge is 0.0840 e. The van der Waals surface area contributed by atoms with Crippen LogP contribution in [0.2, 0.25) is 10.6 Å². The molecule has 2 rings (SSSR count). The van der Waals surface area contributed by atoms with Gasteiger partial charge in [0.15, 0.2) is 0 Å². The van der Waals surface area contributed by atoms with Crippen LogP contribution < -0.4 is 0 Å². The molecule has 0 nitrogen and oxygen atoms in total. The summed E-state index contributed by atoms with van der Waals surface area (Å²) < 4.78 is 0. The van der Waals surface area contributed by atoms with Crippen LogP contribution in [-0.4, -0.2) is 9.52 Å². The Morgan fingerprint density at radius 3 is 1.83 bits per heavy atom. The van der Waals surface area contributed by atoms with Crippen LogP contribution in [0.1, 0.15) is 150 Å². The molecule has 0 aliphatic heterocycles. The molecule has 3 unspecified atom stereocenters. The molecule has 0 saturated heterocycles. The lowest BCUT2D eigenvalue weighted by molar-refractivity contribution is 0.529. The minimum Gasteiger partial charge on any atom is -0.0840 e. The van der Waals surface area contributed by atoms with Gasteiger partial charge in [-0.05, 0) is 47.8 Å². The molecule has 0 bridgehead atoms. The Hall–Kier alpha value is -0.823. The zero-order valence-corrected chi connectivity index (χ0v) is 25.7. The first-order valence-corrected chi connectivity index (χ1v) is 17.4. The summed E-state index contributed by atoms with van der Waals surface area (Å²) in [7, 11) is -0.223. The molecule has 0 heterocycles. The first-order valence-electron chi connectivity index (χ1n) is 15.8. The summed E-state index contributed by atoms with van der Waals surface area (Å²) in [6.07, 6.45) is 41.7. The van der Waals surface area contributed by atoms with Gasteiger partial charge in [0.2, 0.25) is 0 Å². The molecule has 0 saturated carbocycles. The molecular weight excluding hydrogens is 436 g/mol. The zero-order chi connectivity index (χ0) is 25.2. The second-order valence-electron chi connectivity index (χ2n) is 12.2. The van der Waals surface area contributed by atoms with Gasteiger partial charge in [0.25, 0.3) is 0 Å². The average Bonchev–Trinajstić information content (AvgIpc) is 3.25. The summed E-state index contributed by atoms with van der Waals surface area (Å²) in [5.74, 6) is 0.732. The quantitative estimate of drug-likeness (QED) is 0.109. The molecule has 2 aliphatic rings. The fourth-order valence-electron chi connectivity index (χ4n) is 6.17. The summed E-state index contributed by atoms with van der Waals surface area (Å²) >= 11 is 0. The minimum absolute atomic E-state index is 0.223. The number of hydrogen-bond acceptors (Lipinski definition) is 0. The van der Waals surface area contributed by atoms with Gasteiger partial charge in [-0.25, -0.2) is 0 Å². The van der Waals surface area contributed by atoms with Crippen LogP contribution in [0.3, 0.4) is 0 Å². The van der Waals surface area contributed by atoms with Crippen LogP contribution in [-0.2, 0) is 0 Å². The van der Waals surface area contributed by atoms with Crippen LogP contribution in [0.25, 0.3) is 0 Å².